The first-order valence-electron chi connectivity index (χ1n) is 4.74. The number of nitrogens with one attached hydrogen (secondary N) is 1. The van der Waals surface area contributed by atoms with Crippen LogP contribution in [0.2, 0.25) is 0 Å². The maximum atomic E-state index is 11.6. The zero-order chi connectivity index (χ0) is 12.8. The fourth-order valence-electron chi connectivity index (χ4n) is 1.03. The minimum Gasteiger partial charge on any atom is -0.368 e. The molecule has 1 rings (SSSR count). The van der Waals surface area contributed by atoms with Crippen LogP contribution in [0.15, 0.2) is 17.2 Å². The van der Waals surface area contributed by atoms with Crippen LogP contribution in [-0.2, 0) is 11.3 Å². The van der Waals surface area contributed by atoms with Crippen molar-refractivity contribution >= 4 is 23.2 Å². The molecule has 0 aliphatic carbocycles. The molecule has 1 aromatic heterocycles. The molecule has 1 aromatic rings. The normalized spacial score (nSPS) is 11.4. The number of rotatable bonds is 5. The summed E-state index contributed by atoms with van der Waals surface area (Å²) >= 11 is 1.21. The van der Waals surface area contributed by atoms with E-state index in [0.717, 1.165) is 4.88 Å². The van der Waals surface area contributed by atoms with E-state index in [2.05, 4.69) is 15.3 Å². The van der Waals surface area contributed by atoms with E-state index in [0.29, 0.717) is 4.88 Å². The number of nitrogens with zero attached hydrogens (tertiary/aromatic N) is 3. The summed E-state index contributed by atoms with van der Waals surface area (Å²) in [7, 11) is 0. The van der Waals surface area contributed by atoms with Crippen molar-refractivity contribution in [1.82, 2.24) is 5.32 Å². The van der Waals surface area contributed by atoms with E-state index in [1.54, 1.807) is 12.1 Å². The van der Waals surface area contributed by atoms with Gasteiger partial charge in [-0.3, -0.25) is 9.59 Å². The largest absolute Gasteiger partial charge is 0.368 e. The van der Waals surface area contributed by atoms with Gasteiger partial charge in [0.1, 0.15) is 6.04 Å². The lowest BCUT2D eigenvalue weighted by molar-refractivity contribution is -0.119. The van der Waals surface area contributed by atoms with Gasteiger partial charge in [0, 0.05) is 9.79 Å². The molecule has 2 amide bonds. The fraction of sp³-hybridized carbons (Fsp3) is 0.333. The van der Waals surface area contributed by atoms with Crippen LogP contribution in [-0.4, -0.2) is 17.9 Å². The number of azide groups is 1. The second-order valence-corrected chi connectivity index (χ2v) is 4.42. The number of hydrogen-bond acceptors (Lipinski definition) is 4. The summed E-state index contributed by atoms with van der Waals surface area (Å²) in [5.74, 6) is -0.960. The third-order valence-corrected chi connectivity index (χ3v) is 3.02. The summed E-state index contributed by atoms with van der Waals surface area (Å²) < 4.78 is 0. The molecule has 0 saturated heterocycles. The minimum absolute atomic E-state index is 0.208. The Labute approximate surface area is 101 Å². The highest BCUT2D eigenvalue weighted by molar-refractivity contribution is 7.14. The molecule has 0 aliphatic heterocycles. The van der Waals surface area contributed by atoms with E-state index in [9.17, 15) is 9.59 Å². The Morgan fingerprint density at radius 3 is 2.94 bits per heavy atom. The van der Waals surface area contributed by atoms with Crippen molar-refractivity contribution < 1.29 is 9.59 Å². The molecule has 17 heavy (non-hydrogen) atoms. The molecular weight excluding hydrogens is 242 g/mol. The minimum atomic E-state index is -0.717. The van der Waals surface area contributed by atoms with Gasteiger partial charge in [0.25, 0.3) is 5.91 Å². The molecule has 0 aromatic carbocycles. The zero-order valence-corrected chi connectivity index (χ0v) is 9.90. The lowest BCUT2D eigenvalue weighted by Gasteiger charge is -2.08. The molecule has 0 aliphatic rings. The summed E-state index contributed by atoms with van der Waals surface area (Å²) in [4.78, 5) is 26.3. The molecule has 1 heterocycles. The van der Waals surface area contributed by atoms with Gasteiger partial charge in [-0.2, -0.15) is 0 Å². The van der Waals surface area contributed by atoms with E-state index in [-0.39, 0.29) is 12.5 Å². The number of carbonyl (C=O) groups is 2. The highest BCUT2D eigenvalue weighted by Gasteiger charge is 2.15. The standard InChI is InChI=1S/C9H11N5O2S/c1-5(8(10)15)13-9(16)7-3-2-6(17-7)4-12-14-11/h2-3,5H,4H2,1H3,(H2,10,15)(H,13,16)/t5-/m0/s1. The number of amides is 2. The third-order valence-electron chi connectivity index (χ3n) is 1.95. The van der Waals surface area contributed by atoms with Gasteiger partial charge < -0.3 is 11.1 Å². The Balaban J connectivity index is 2.66. The lowest BCUT2D eigenvalue weighted by atomic mass is 10.3. The number of nitrogens with two attached hydrogens (primary N) is 1. The average molecular weight is 253 g/mol. The van der Waals surface area contributed by atoms with E-state index in [1.807, 2.05) is 0 Å². The van der Waals surface area contributed by atoms with Gasteiger partial charge in [-0.1, -0.05) is 5.11 Å². The topological polar surface area (TPSA) is 121 Å². The SMILES string of the molecule is C[C@H](NC(=O)c1ccc(CN=[N+]=[N-])s1)C(N)=O. The van der Waals surface area contributed by atoms with Crippen LogP contribution in [0.3, 0.4) is 0 Å². The number of thiophene rings is 1. The Kier molecular flexibility index (Phi) is 4.50. The molecule has 0 bridgehead atoms. The maximum Gasteiger partial charge on any atom is 0.261 e. The van der Waals surface area contributed by atoms with Crippen LogP contribution in [0.25, 0.3) is 10.4 Å². The van der Waals surface area contributed by atoms with Crippen LogP contribution < -0.4 is 11.1 Å². The van der Waals surface area contributed by atoms with Gasteiger partial charge in [-0.05, 0) is 24.6 Å². The first-order valence-corrected chi connectivity index (χ1v) is 5.56. The van der Waals surface area contributed by atoms with Crippen molar-refractivity contribution in [3.05, 3.63) is 32.3 Å². The monoisotopic (exact) mass is 253 g/mol. The van der Waals surface area contributed by atoms with Crippen molar-refractivity contribution in [1.29, 1.82) is 0 Å². The first kappa shape index (κ1) is 13.0. The van der Waals surface area contributed by atoms with Crippen LogP contribution in [0.5, 0.6) is 0 Å². The lowest BCUT2D eigenvalue weighted by Crippen LogP contribution is -2.41. The van der Waals surface area contributed by atoms with Crippen LogP contribution in [0.1, 0.15) is 21.5 Å². The number of hydrogen-bond donors (Lipinski definition) is 2. The Morgan fingerprint density at radius 2 is 2.35 bits per heavy atom. The van der Waals surface area contributed by atoms with E-state index in [1.165, 1.54) is 18.3 Å². The van der Waals surface area contributed by atoms with Crippen LogP contribution in [0, 0.1) is 0 Å². The van der Waals surface area contributed by atoms with Crippen molar-refractivity contribution in [3.63, 3.8) is 0 Å². The molecule has 0 saturated carbocycles. The smallest absolute Gasteiger partial charge is 0.261 e. The molecule has 0 radical (unpaired) electrons. The zero-order valence-electron chi connectivity index (χ0n) is 9.08. The number of carbonyl (C=O) groups excluding carboxylic acids is 2. The van der Waals surface area contributed by atoms with Crippen molar-refractivity contribution in [2.24, 2.45) is 10.8 Å². The molecule has 7 nitrogen and oxygen atoms in total. The highest BCUT2D eigenvalue weighted by atomic mass is 32.1. The van der Waals surface area contributed by atoms with Gasteiger partial charge >= 0.3 is 0 Å². The second kappa shape index (κ2) is 5.88. The summed E-state index contributed by atoms with van der Waals surface area (Å²) in [6.07, 6.45) is 0. The summed E-state index contributed by atoms with van der Waals surface area (Å²) in [6, 6.07) is 2.59. The Bertz CT molecular complexity index is 477. The summed E-state index contributed by atoms with van der Waals surface area (Å²) in [5, 5.41) is 5.85. The number of primary amides is 1. The van der Waals surface area contributed by atoms with E-state index in [4.69, 9.17) is 11.3 Å². The van der Waals surface area contributed by atoms with Crippen LogP contribution in [0.4, 0.5) is 0 Å². The van der Waals surface area contributed by atoms with Crippen molar-refractivity contribution in [2.75, 3.05) is 0 Å². The summed E-state index contributed by atoms with van der Waals surface area (Å²) in [6.45, 7) is 1.72. The molecule has 1 atom stereocenters. The molecule has 0 spiro atoms. The average Bonchev–Trinajstić information content (AvgIpc) is 2.74. The second-order valence-electron chi connectivity index (χ2n) is 3.25. The van der Waals surface area contributed by atoms with Crippen molar-refractivity contribution in [2.45, 2.75) is 19.5 Å². The van der Waals surface area contributed by atoms with Gasteiger partial charge in [0.05, 0.1) is 11.4 Å². The highest BCUT2D eigenvalue weighted by Crippen LogP contribution is 2.17. The van der Waals surface area contributed by atoms with Crippen LogP contribution >= 0.6 is 11.3 Å². The third kappa shape index (κ3) is 3.78. The first-order chi connectivity index (χ1) is 8.04. The quantitative estimate of drug-likeness (QED) is 0.464. The predicted octanol–water partition coefficient (Wildman–Crippen LogP) is 1.16. The molecule has 0 fully saturated rings. The summed E-state index contributed by atoms with van der Waals surface area (Å²) in [5.41, 5.74) is 13.2. The Morgan fingerprint density at radius 1 is 1.65 bits per heavy atom. The van der Waals surface area contributed by atoms with E-state index < -0.39 is 11.9 Å². The maximum absolute atomic E-state index is 11.6. The van der Waals surface area contributed by atoms with Gasteiger partial charge in [0.15, 0.2) is 0 Å². The van der Waals surface area contributed by atoms with Gasteiger partial charge in [0.2, 0.25) is 5.91 Å². The van der Waals surface area contributed by atoms with Gasteiger partial charge in [-0.25, -0.2) is 0 Å². The molecule has 3 N–H and O–H groups in total. The van der Waals surface area contributed by atoms with Gasteiger partial charge in [-0.15, -0.1) is 11.3 Å². The molecule has 8 heteroatoms. The fourth-order valence-corrected chi connectivity index (χ4v) is 1.85. The molecule has 90 valence electrons. The Hall–Kier alpha value is -2.05. The molecule has 0 unspecified atom stereocenters. The van der Waals surface area contributed by atoms with Crippen molar-refractivity contribution in [3.8, 4) is 0 Å². The predicted molar refractivity (Wildman–Crippen MR) is 63.3 cm³/mol. The van der Waals surface area contributed by atoms with E-state index >= 15 is 0 Å². The molecular formula is C9H11N5O2S.